The van der Waals surface area contributed by atoms with Gasteiger partial charge >= 0.3 is 0 Å². The minimum absolute atomic E-state index is 0.628. The van der Waals surface area contributed by atoms with Crippen molar-refractivity contribution in [3.05, 3.63) is 35.9 Å². The molecule has 1 heterocycles. The predicted octanol–water partition coefficient (Wildman–Crippen LogP) is 2.37. The summed E-state index contributed by atoms with van der Waals surface area (Å²) in [7, 11) is 0. The van der Waals surface area contributed by atoms with E-state index in [0.717, 1.165) is 24.2 Å². The summed E-state index contributed by atoms with van der Waals surface area (Å²) in [5.41, 5.74) is -0.143. The molecule has 0 unspecified atom stereocenters. The zero-order valence-electron chi connectivity index (χ0n) is 9.30. The van der Waals surface area contributed by atoms with Crippen molar-refractivity contribution in [1.82, 2.24) is 0 Å². The van der Waals surface area contributed by atoms with Crippen LogP contribution in [-0.4, -0.2) is 27.3 Å². The van der Waals surface area contributed by atoms with Gasteiger partial charge in [0.1, 0.15) is 11.7 Å². The number of aliphatic hydroxyl groups excluding tert-OH is 1. The first-order valence-corrected chi connectivity index (χ1v) is 6.91. The fourth-order valence-corrected chi connectivity index (χ4v) is 3.33. The van der Waals surface area contributed by atoms with Gasteiger partial charge in [0.2, 0.25) is 0 Å². The van der Waals surface area contributed by atoms with Gasteiger partial charge in [-0.15, -0.1) is 0 Å². The topological polar surface area (TPSA) is 40.5 Å². The van der Waals surface area contributed by atoms with Crippen LogP contribution in [0.15, 0.2) is 30.3 Å². The molecule has 1 saturated heterocycles. The summed E-state index contributed by atoms with van der Waals surface area (Å²) >= 11 is 1.74. The maximum atomic E-state index is 10.5. The maximum Gasteiger partial charge on any atom is 0.108 e. The molecule has 0 amide bonds. The lowest BCUT2D eigenvalue weighted by Gasteiger charge is -2.31. The van der Waals surface area contributed by atoms with Crippen molar-refractivity contribution in [2.45, 2.75) is 31.0 Å². The SMILES string of the molecule is O[C@H](c1ccccc1)[C@]1(O)CCCCSC1. The quantitative estimate of drug-likeness (QED) is 0.831. The number of hydrogen-bond donors (Lipinski definition) is 2. The van der Waals surface area contributed by atoms with Gasteiger partial charge in [-0.3, -0.25) is 0 Å². The molecule has 0 aromatic heterocycles. The van der Waals surface area contributed by atoms with Gasteiger partial charge in [0.05, 0.1) is 0 Å². The van der Waals surface area contributed by atoms with Gasteiger partial charge in [-0.1, -0.05) is 30.3 Å². The van der Waals surface area contributed by atoms with Gasteiger partial charge in [0.15, 0.2) is 0 Å². The number of benzene rings is 1. The Bertz CT molecular complexity index is 318. The van der Waals surface area contributed by atoms with Crippen LogP contribution in [0.25, 0.3) is 0 Å². The molecule has 0 bridgehead atoms. The first kappa shape index (κ1) is 12.0. The highest BCUT2D eigenvalue weighted by Gasteiger charge is 2.37. The Hall–Kier alpha value is -0.510. The van der Waals surface area contributed by atoms with Crippen molar-refractivity contribution in [1.29, 1.82) is 0 Å². The highest BCUT2D eigenvalue weighted by atomic mass is 32.2. The van der Waals surface area contributed by atoms with E-state index in [0.29, 0.717) is 12.2 Å². The van der Waals surface area contributed by atoms with Gasteiger partial charge in [0, 0.05) is 5.75 Å². The summed E-state index contributed by atoms with van der Waals surface area (Å²) in [5.74, 6) is 1.72. The summed E-state index contributed by atoms with van der Waals surface area (Å²) in [4.78, 5) is 0. The summed E-state index contributed by atoms with van der Waals surface area (Å²) in [6.07, 6.45) is 2.05. The Morgan fingerprint density at radius 3 is 2.69 bits per heavy atom. The molecule has 88 valence electrons. The van der Waals surface area contributed by atoms with Crippen LogP contribution in [0.3, 0.4) is 0 Å². The lowest BCUT2D eigenvalue weighted by molar-refractivity contribution is -0.0654. The highest BCUT2D eigenvalue weighted by molar-refractivity contribution is 7.99. The molecule has 0 radical (unpaired) electrons. The average molecular weight is 238 g/mol. The van der Waals surface area contributed by atoms with Crippen LogP contribution in [0.2, 0.25) is 0 Å². The molecule has 0 aliphatic carbocycles. The standard InChI is InChI=1S/C13H18O2S/c14-12(11-6-2-1-3-7-11)13(15)8-4-5-9-16-10-13/h1-3,6-7,12,14-15H,4-5,8-10H2/t12-,13+/m1/s1. The number of thioether (sulfide) groups is 1. The Balaban J connectivity index is 2.15. The molecule has 2 N–H and O–H groups in total. The molecule has 0 spiro atoms. The second kappa shape index (κ2) is 5.21. The third kappa shape index (κ3) is 2.59. The minimum atomic E-state index is -0.956. The summed E-state index contributed by atoms with van der Waals surface area (Å²) < 4.78 is 0. The van der Waals surface area contributed by atoms with E-state index in [1.807, 2.05) is 30.3 Å². The number of hydrogen-bond acceptors (Lipinski definition) is 3. The van der Waals surface area contributed by atoms with Crippen molar-refractivity contribution in [2.75, 3.05) is 11.5 Å². The van der Waals surface area contributed by atoms with Crippen molar-refractivity contribution >= 4 is 11.8 Å². The first-order valence-electron chi connectivity index (χ1n) is 5.75. The van der Waals surface area contributed by atoms with Crippen LogP contribution in [-0.2, 0) is 0 Å². The molecule has 1 aliphatic rings. The van der Waals surface area contributed by atoms with E-state index >= 15 is 0 Å². The Morgan fingerprint density at radius 2 is 1.94 bits per heavy atom. The Labute approximate surface area is 101 Å². The van der Waals surface area contributed by atoms with Crippen molar-refractivity contribution in [3.8, 4) is 0 Å². The summed E-state index contributed by atoms with van der Waals surface area (Å²) in [6.45, 7) is 0. The van der Waals surface area contributed by atoms with Crippen molar-refractivity contribution in [2.24, 2.45) is 0 Å². The fraction of sp³-hybridized carbons (Fsp3) is 0.538. The number of aliphatic hydroxyl groups is 2. The zero-order valence-corrected chi connectivity index (χ0v) is 10.1. The Kier molecular flexibility index (Phi) is 3.90. The highest BCUT2D eigenvalue weighted by Crippen LogP contribution is 2.35. The van der Waals surface area contributed by atoms with Gasteiger partial charge < -0.3 is 10.2 Å². The summed E-state index contributed by atoms with van der Waals surface area (Å²) in [6, 6.07) is 9.45. The van der Waals surface area contributed by atoms with Gasteiger partial charge in [-0.05, 0) is 30.6 Å². The Morgan fingerprint density at radius 1 is 1.19 bits per heavy atom. The van der Waals surface area contributed by atoms with E-state index < -0.39 is 11.7 Å². The minimum Gasteiger partial charge on any atom is -0.386 e. The lowest BCUT2D eigenvalue weighted by atomic mass is 9.88. The number of rotatable bonds is 2. The van der Waals surface area contributed by atoms with Gasteiger partial charge in [0.25, 0.3) is 0 Å². The predicted molar refractivity (Wildman–Crippen MR) is 67.5 cm³/mol. The van der Waals surface area contributed by atoms with E-state index in [9.17, 15) is 10.2 Å². The van der Waals surface area contributed by atoms with Crippen LogP contribution in [0, 0.1) is 0 Å². The third-order valence-electron chi connectivity index (χ3n) is 3.12. The van der Waals surface area contributed by atoms with E-state index in [-0.39, 0.29) is 0 Å². The van der Waals surface area contributed by atoms with Crippen LogP contribution in [0.1, 0.15) is 30.9 Å². The second-order valence-corrected chi connectivity index (χ2v) is 5.53. The van der Waals surface area contributed by atoms with E-state index in [1.165, 1.54) is 0 Å². The normalized spacial score (nSPS) is 28.4. The van der Waals surface area contributed by atoms with Gasteiger partial charge in [-0.2, -0.15) is 11.8 Å². The first-order chi connectivity index (χ1) is 7.72. The molecule has 2 atom stereocenters. The largest absolute Gasteiger partial charge is 0.386 e. The van der Waals surface area contributed by atoms with Crippen molar-refractivity contribution < 1.29 is 10.2 Å². The van der Waals surface area contributed by atoms with Crippen LogP contribution < -0.4 is 0 Å². The van der Waals surface area contributed by atoms with Gasteiger partial charge in [-0.25, -0.2) is 0 Å². The average Bonchev–Trinajstić information content (AvgIpc) is 2.55. The monoisotopic (exact) mass is 238 g/mol. The molecule has 1 aromatic carbocycles. The molecule has 16 heavy (non-hydrogen) atoms. The lowest BCUT2D eigenvalue weighted by Crippen LogP contribution is -2.38. The molecule has 0 saturated carbocycles. The molecule has 1 aliphatic heterocycles. The van der Waals surface area contributed by atoms with Crippen LogP contribution >= 0.6 is 11.8 Å². The van der Waals surface area contributed by atoms with E-state index in [4.69, 9.17) is 0 Å². The molecule has 2 nitrogen and oxygen atoms in total. The van der Waals surface area contributed by atoms with Crippen LogP contribution in [0.5, 0.6) is 0 Å². The summed E-state index contributed by atoms with van der Waals surface area (Å²) in [5, 5.41) is 20.8. The molecule has 2 rings (SSSR count). The molecule has 1 fully saturated rings. The molecule has 3 heteroatoms. The third-order valence-corrected chi connectivity index (χ3v) is 4.41. The van der Waals surface area contributed by atoms with E-state index in [1.54, 1.807) is 11.8 Å². The smallest absolute Gasteiger partial charge is 0.108 e. The van der Waals surface area contributed by atoms with Crippen LogP contribution in [0.4, 0.5) is 0 Å². The molecular weight excluding hydrogens is 220 g/mol. The van der Waals surface area contributed by atoms with Crippen molar-refractivity contribution in [3.63, 3.8) is 0 Å². The zero-order chi connectivity index (χ0) is 11.4. The second-order valence-electron chi connectivity index (χ2n) is 4.43. The fourth-order valence-electron chi connectivity index (χ4n) is 2.12. The van der Waals surface area contributed by atoms with E-state index in [2.05, 4.69) is 0 Å². The maximum absolute atomic E-state index is 10.5. The molecular formula is C13H18O2S. The molecule has 1 aromatic rings.